The van der Waals surface area contributed by atoms with Crippen LogP contribution in [-0.2, 0) is 16.1 Å². The molecule has 6 nitrogen and oxygen atoms in total. The van der Waals surface area contributed by atoms with Gasteiger partial charge in [-0.3, -0.25) is 4.79 Å². The van der Waals surface area contributed by atoms with E-state index in [0.29, 0.717) is 36.5 Å². The first-order valence-corrected chi connectivity index (χ1v) is 8.30. The lowest BCUT2D eigenvalue weighted by Crippen LogP contribution is -2.35. The molecule has 1 aliphatic heterocycles. The summed E-state index contributed by atoms with van der Waals surface area (Å²) in [5, 5.41) is 14.8. The van der Waals surface area contributed by atoms with Gasteiger partial charge in [0.05, 0.1) is 37.0 Å². The SMILES string of the molecule is [C-]#[N+]c1ccc(CO[C@H]2CN[C@H](C(=O)Nc3ccc(C#N)cc3)C2)cc1. The van der Waals surface area contributed by atoms with Crippen LogP contribution in [0.3, 0.4) is 0 Å². The van der Waals surface area contributed by atoms with Crippen LogP contribution in [0.25, 0.3) is 4.85 Å². The first-order valence-electron chi connectivity index (χ1n) is 8.30. The van der Waals surface area contributed by atoms with Gasteiger partial charge in [-0.1, -0.05) is 24.3 Å². The maximum absolute atomic E-state index is 12.3. The fourth-order valence-electron chi connectivity index (χ4n) is 2.77. The molecule has 0 saturated carbocycles. The number of nitriles is 1. The van der Waals surface area contributed by atoms with E-state index in [1.165, 1.54) is 0 Å². The Morgan fingerprint density at radius 2 is 2.00 bits per heavy atom. The van der Waals surface area contributed by atoms with Gasteiger partial charge in [0.15, 0.2) is 5.69 Å². The van der Waals surface area contributed by atoms with Gasteiger partial charge >= 0.3 is 0 Å². The molecular weight excluding hydrogens is 328 g/mol. The predicted molar refractivity (Wildman–Crippen MR) is 97.5 cm³/mol. The van der Waals surface area contributed by atoms with Crippen LogP contribution >= 0.6 is 0 Å². The van der Waals surface area contributed by atoms with Crippen molar-refractivity contribution in [2.24, 2.45) is 0 Å². The summed E-state index contributed by atoms with van der Waals surface area (Å²) >= 11 is 0. The Hall–Kier alpha value is -3.19. The Labute approximate surface area is 152 Å². The van der Waals surface area contributed by atoms with Crippen molar-refractivity contribution in [2.45, 2.75) is 25.2 Å². The van der Waals surface area contributed by atoms with Crippen molar-refractivity contribution in [1.82, 2.24) is 5.32 Å². The van der Waals surface area contributed by atoms with Gasteiger partial charge in [0.1, 0.15) is 0 Å². The summed E-state index contributed by atoms with van der Waals surface area (Å²) in [6, 6.07) is 15.8. The van der Waals surface area contributed by atoms with E-state index in [-0.39, 0.29) is 18.1 Å². The molecule has 130 valence electrons. The van der Waals surface area contributed by atoms with Crippen molar-refractivity contribution >= 4 is 17.3 Å². The van der Waals surface area contributed by atoms with Gasteiger partial charge in [0.25, 0.3) is 0 Å². The molecule has 6 heteroatoms. The minimum Gasteiger partial charge on any atom is -0.372 e. The smallest absolute Gasteiger partial charge is 0.241 e. The van der Waals surface area contributed by atoms with Crippen molar-refractivity contribution in [2.75, 3.05) is 11.9 Å². The summed E-state index contributed by atoms with van der Waals surface area (Å²) in [6.45, 7) is 8.02. The van der Waals surface area contributed by atoms with Gasteiger partial charge in [-0.05, 0) is 36.2 Å². The van der Waals surface area contributed by atoms with Gasteiger partial charge in [-0.25, -0.2) is 4.85 Å². The molecule has 0 unspecified atom stereocenters. The average Bonchev–Trinajstić information content (AvgIpc) is 3.16. The van der Waals surface area contributed by atoms with Crippen LogP contribution in [0.2, 0.25) is 0 Å². The van der Waals surface area contributed by atoms with Crippen molar-refractivity contribution in [1.29, 1.82) is 5.26 Å². The van der Waals surface area contributed by atoms with E-state index in [9.17, 15) is 4.79 Å². The summed E-state index contributed by atoms with van der Waals surface area (Å²) in [5.41, 5.74) is 2.83. The van der Waals surface area contributed by atoms with Crippen molar-refractivity contribution in [3.8, 4) is 6.07 Å². The van der Waals surface area contributed by atoms with Crippen molar-refractivity contribution < 1.29 is 9.53 Å². The van der Waals surface area contributed by atoms with Gasteiger partial charge in [-0.15, -0.1) is 0 Å². The second-order valence-corrected chi connectivity index (χ2v) is 6.09. The first kappa shape index (κ1) is 17.6. The van der Waals surface area contributed by atoms with Gasteiger partial charge in [0, 0.05) is 12.2 Å². The molecule has 1 aliphatic rings. The van der Waals surface area contributed by atoms with E-state index in [0.717, 1.165) is 5.56 Å². The van der Waals surface area contributed by atoms with E-state index in [1.54, 1.807) is 36.4 Å². The molecule has 2 aromatic carbocycles. The number of anilines is 1. The number of carbonyl (C=O) groups is 1. The highest BCUT2D eigenvalue weighted by atomic mass is 16.5. The summed E-state index contributed by atoms with van der Waals surface area (Å²) in [4.78, 5) is 15.7. The third-order valence-electron chi connectivity index (χ3n) is 4.24. The molecule has 0 spiro atoms. The van der Waals surface area contributed by atoms with Crippen LogP contribution in [0.15, 0.2) is 48.5 Å². The molecular formula is C20H18N4O2. The van der Waals surface area contributed by atoms with Crippen LogP contribution < -0.4 is 10.6 Å². The Bertz CT molecular complexity index is 847. The molecule has 2 N–H and O–H groups in total. The lowest BCUT2D eigenvalue weighted by molar-refractivity contribution is -0.118. The number of ether oxygens (including phenoxy) is 1. The molecule has 2 aromatic rings. The number of rotatable bonds is 5. The Morgan fingerprint density at radius 3 is 2.65 bits per heavy atom. The molecule has 0 aliphatic carbocycles. The summed E-state index contributed by atoms with van der Waals surface area (Å²) in [6.07, 6.45) is 0.565. The largest absolute Gasteiger partial charge is 0.372 e. The van der Waals surface area contributed by atoms with Crippen LogP contribution in [0.4, 0.5) is 11.4 Å². The van der Waals surface area contributed by atoms with E-state index >= 15 is 0 Å². The fourth-order valence-corrected chi connectivity index (χ4v) is 2.77. The molecule has 26 heavy (non-hydrogen) atoms. The van der Waals surface area contributed by atoms with E-state index in [1.807, 2.05) is 18.2 Å². The molecule has 0 radical (unpaired) electrons. The molecule has 0 bridgehead atoms. The van der Waals surface area contributed by atoms with E-state index < -0.39 is 0 Å². The maximum Gasteiger partial charge on any atom is 0.241 e. The van der Waals surface area contributed by atoms with E-state index in [2.05, 4.69) is 15.5 Å². The molecule has 3 rings (SSSR count). The minimum atomic E-state index is -0.305. The van der Waals surface area contributed by atoms with Gasteiger partial charge in [-0.2, -0.15) is 5.26 Å². The second kappa shape index (κ2) is 8.26. The molecule has 2 atom stereocenters. The van der Waals surface area contributed by atoms with Crippen molar-refractivity contribution in [3.05, 3.63) is 71.1 Å². The highest BCUT2D eigenvalue weighted by Crippen LogP contribution is 2.17. The topological polar surface area (TPSA) is 78.5 Å². The van der Waals surface area contributed by atoms with Gasteiger partial charge in [0.2, 0.25) is 5.91 Å². The number of carbonyl (C=O) groups excluding carboxylic acids is 1. The number of hydrogen-bond acceptors (Lipinski definition) is 4. The minimum absolute atomic E-state index is 0.0349. The lowest BCUT2D eigenvalue weighted by Gasteiger charge is -2.12. The van der Waals surface area contributed by atoms with Crippen LogP contribution in [-0.4, -0.2) is 24.6 Å². The standard InChI is InChI=1S/C20H18N4O2/c1-22-16-6-4-15(5-7-16)13-26-18-10-19(23-12-18)20(25)24-17-8-2-14(11-21)3-9-17/h2-9,18-19,23H,10,12-13H2,(H,24,25)/t18-,19+/m1/s1. The Morgan fingerprint density at radius 1 is 1.27 bits per heavy atom. The lowest BCUT2D eigenvalue weighted by atomic mass is 10.1. The predicted octanol–water partition coefficient (Wildman–Crippen LogP) is 2.99. The zero-order valence-corrected chi connectivity index (χ0v) is 14.1. The molecule has 1 heterocycles. The van der Waals surface area contributed by atoms with Crippen molar-refractivity contribution in [3.63, 3.8) is 0 Å². The van der Waals surface area contributed by atoms with Crippen LogP contribution in [0.1, 0.15) is 17.5 Å². The number of nitrogens with zero attached hydrogens (tertiary/aromatic N) is 2. The highest BCUT2D eigenvalue weighted by molar-refractivity contribution is 5.95. The fraction of sp³-hybridized carbons (Fsp3) is 0.250. The van der Waals surface area contributed by atoms with Crippen LogP contribution in [0.5, 0.6) is 0 Å². The zero-order valence-electron chi connectivity index (χ0n) is 14.1. The zero-order chi connectivity index (χ0) is 18.4. The van der Waals surface area contributed by atoms with Gasteiger partial charge < -0.3 is 15.4 Å². The highest BCUT2D eigenvalue weighted by Gasteiger charge is 2.30. The number of nitrogens with one attached hydrogen (secondary N) is 2. The second-order valence-electron chi connectivity index (χ2n) is 6.09. The number of benzene rings is 2. The average molecular weight is 346 g/mol. The summed E-state index contributed by atoms with van der Waals surface area (Å²) in [5.74, 6) is -0.109. The maximum atomic E-state index is 12.3. The van der Waals surface area contributed by atoms with E-state index in [4.69, 9.17) is 16.6 Å². The third-order valence-corrected chi connectivity index (χ3v) is 4.24. The Balaban J connectivity index is 1.47. The molecule has 1 amide bonds. The summed E-state index contributed by atoms with van der Waals surface area (Å²) < 4.78 is 5.87. The number of amides is 1. The Kier molecular flexibility index (Phi) is 5.60. The quantitative estimate of drug-likeness (QED) is 0.816. The molecule has 1 saturated heterocycles. The third kappa shape index (κ3) is 4.46. The molecule has 0 aromatic heterocycles. The number of hydrogen-bond donors (Lipinski definition) is 2. The monoisotopic (exact) mass is 346 g/mol. The molecule has 1 fully saturated rings. The van der Waals surface area contributed by atoms with Crippen LogP contribution in [0, 0.1) is 17.9 Å². The summed E-state index contributed by atoms with van der Waals surface area (Å²) in [7, 11) is 0. The normalized spacial score (nSPS) is 18.7. The first-order chi connectivity index (χ1) is 12.7.